The van der Waals surface area contributed by atoms with Gasteiger partial charge in [-0.2, -0.15) is 5.10 Å². The lowest BCUT2D eigenvalue weighted by Crippen LogP contribution is -2.24. The fourth-order valence-corrected chi connectivity index (χ4v) is 3.22. The van der Waals surface area contributed by atoms with E-state index in [9.17, 15) is 14.7 Å². The van der Waals surface area contributed by atoms with Gasteiger partial charge in [-0.3, -0.25) is 14.3 Å². The number of aromatic nitrogens is 2. The number of Topliss-reactive ketones (excluding diaryl/α,β-unsaturated/α-hetero) is 1. The normalized spacial score (nSPS) is 20.0. The van der Waals surface area contributed by atoms with Gasteiger partial charge in [0.05, 0.1) is 22.9 Å². The summed E-state index contributed by atoms with van der Waals surface area (Å²) in [6, 6.07) is 8.61. The van der Waals surface area contributed by atoms with Crippen molar-refractivity contribution in [2.45, 2.75) is 19.9 Å². The van der Waals surface area contributed by atoms with E-state index in [0.717, 1.165) is 11.3 Å². The van der Waals surface area contributed by atoms with E-state index in [0.29, 0.717) is 11.3 Å². The summed E-state index contributed by atoms with van der Waals surface area (Å²) in [6.45, 7) is 3.58. The molecule has 0 saturated carbocycles. The molecule has 1 unspecified atom stereocenters. The van der Waals surface area contributed by atoms with Crippen LogP contribution < -0.4 is 0 Å². The quantitative estimate of drug-likeness (QED) is 0.521. The lowest BCUT2D eigenvalue weighted by atomic mass is 9.95. The van der Waals surface area contributed by atoms with Crippen LogP contribution in [0.3, 0.4) is 0 Å². The van der Waals surface area contributed by atoms with E-state index in [2.05, 4.69) is 5.10 Å². The Morgan fingerprint density at radius 1 is 1.12 bits per heavy atom. The van der Waals surface area contributed by atoms with Gasteiger partial charge in [0.2, 0.25) is 0 Å². The molecule has 1 aliphatic heterocycles. The number of likely N-dealkylation sites (tertiary alicyclic amines) is 1. The van der Waals surface area contributed by atoms with Crippen LogP contribution in [-0.2, 0) is 16.6 Å². The summed E-state index contributed by atoms with van der Waals surface area (Å²) >= 11 is 0. The molecule has 0 bridgehead atoms. The predicted molar refractivity (Wildman–Crippen MR) is 89.2 cm³/mol. The Bertz CT molecular complexity index is 865. The van der Waals surface area contributed by atoms with E-state index < -0.39 is 17.7 Å². The van der Waals surface area contributed by atoms with Gasteiger partial charge in [0, 0.05) is 19.8 Å². The Hall–Kier alpha value is -2.89. The van der Waals surface area contributed by atoms with Gasteiger partial charge in [0.25, 0.3) is 11.7 Å². The number of carbonyl (C=O) groups excluding carboxylic acids is 2. The highest BCUT2D eigenvalue weighted by Gasteiger charge is 2.44. The summed E-state index contributed by atoms with van der Waals surface area (Å²) < 4.78 is 1.64. The first-order valence-corrected chi connectivity index (χ1v) is 7.64. The molecule has 1 fully saturated rings. The van der Waals surface area contributed by atoms with Crippen LogP contribution in [0.2, 0.25) is 0 Å². The third-order valence-electron chi connectivity index (χ3n) is 4.54. The standard InChI is InChI=1S/C18H19N3O3/c1-10-13(11(2)21(4)19-10)16(22)14-15(12-8-6-5-7-9-12)20(3)18(24)17(14)23/h5-9,15,22H,1-4H3/b16-14+. The minimum Gasteiger partial charge on any atom is -0.507 e. The van der Waals surface area contributed by atoms with Crippen molar-refractivity contribution in [2.24, 2.45) is 7.05 Å². The molecule has 1 aromatic carbocycles. The van der Waals surface area contributed by atoms with Crippen LogP contribution in [0.5, 0.6) is 0 Å². The fraction of sp³-hybridized carbons (Fsp3) is 0.278. The first-order valence-electron chi connectivity index (χ1n) is 7.64. The van der Waals surface area contributed by atoms with Crippen molar-refractivity contribution in [2.75, 3.05) is 7.05 Å². The van der Waals surface area contributed by atoms with E-state index in [1.807, 2.05) is 37.3 Å². The summed E-state index contributed by atoms with van der Waals surface area (Å²) in [7, 11) is 3.34. The van der Waals surface area contributed by atoms with Crippen molar-refractivity contribution in [1.82, 2.24) is 14.7 Å². The van der Waals surface area contributed by atoms with Crippen molar-refractivity contribution in [1.29, 1.82) is 0 Å². The molecule has 6 heteroatoms. The van der Waals surface area contributed by atoms with Gasteiger partial charge >= 0.3 is 0 Å². The molecular weight excluding hydrogens is 306 g/mol. The number of rotatable bonds is 2. The Balaban J connectivity index is 2.25. The van der Waals surface area contributed by atoms with Crippen LogP contribution >= 0.6 is 0 Å². The minimum absolute atomic E-state index is 0.105. The molecule has 1 atom stereocenters. The number of likely N-dealkylation sites (N-methyl/N-ethyl adjacent to an activating group) is 1. The zero-order valence-corrected chi connectivity index (χ0v) is 14.1. The van der Waals surface area contributed by atoms with Crippen molar-refractivity contribution >= 4 is 17.4 Å². The first kappa shape index (κ1) is 16.0. The minimum atomic E-state index is -0.675. The zero-order valence-electron chi connectivity index (χ0n) is 14.1. The second-order valence-electron chi connectivity index (χ2n) is 5.99. The third kappa shape index (κ3) is 2.22. The van der Waals surface area contributed by atoms with Gasteiger partial charge in [0.15, 0.2) is 0 Å². The Morgan fingerprint density at radius 3 is 2.29 bits per heavy atom. The number of aliphatic hydroxyl groups is 1. The van der Waals surface area contributed by atoms with Crippen molar-refractivity contribution in [3.05, 3.63) is 58.4 Å². The second kappa shape index (κ2) is 5.63. The van der Waals surface area contributed by atoms with E-state index >= 15 is 0 Å². The lowest BCUT2D eigenvalue weighted by molar-refractivity contribution is -0.139. The summed E-state index contributed by atoms with van der Waals surface area (Å²) in [5.41, 5.74) is 2.73. The highest BCUT2D eigenvalue weighted by atomic mass is 16.3. The van der Waals surface area contributed by atoms with Crippen molar-refractivity contribution < 1.29 is 14.7 Å². The fourth-order valence-electron chi connectivity index (χ4n) is 3.22. The Morgan fingerprint density at radius 2 is 1.75 bits per heavy atom. The molecule has 1 aromatic heterocycles. The van der Waals surface area contributed by atoms with E-state index in [1.165, 1.54) is 4.90 Å². The average Bonchev–Trinajstić information content (AvgIpc) is 2.95. The number of benzene rings is 1. The maximum absolute atomic E-state index is 12.5. The van der Waals surface area contributed by atoms with Gasteiger partial charge in [-0.1, -0.05) is 30.3 Å². The molecule has 24 heavy (non-hydrogen) atoms. The van der Waals surface area contributed by atoms with E-state index in [1.54, 1.807) is 25.7 Å². The smallest absolute Gasteiger partial charge is 0.295 e. The zero-order chi connectivity index (χ0) is 17.6. The van der Waals surface area contributed by atoms with Gasteiger partial charge in [0.1, 0.15) is 5.76 Å². The molecule has 0 spiro atoms. The number of hydrogen-bond donors (Lipinski definition) is 1. The Labute approximate surface area is 140 Å². The molecule has 1 N–H and O–H groups in total. The summed E-state index contributed by atoms with van der Waals surface area (Å²) in [4.78, 5) is 26.1. The molecule has 1 aliphatic rings. The lowest BCUT2D eigenvalue weighted by Gasteiger charge is -2.20. The van der Waals surface area contributed by atoms with Crippen molar-refractivity contribution in [3.63, 3.8) is 0 Å². The molecule has 2 aromatic rings. The van der Waals surface area contributed by atoms with Gasteiger partial charge in [-0.15, -0.1) is 0 Å². The number of carbonyl (C=O) groups is 2. The highest BCUT2D eigenvalue weighted by molar-refractivity contribution is 6.46. The van der Waals surface area contributed by atoms with Crippen LogP contribution in [0, 0.1) is 13.8 Å². The topological polar surface area (TPSA) is 75.4 Å². The highest BCUT2D eigenvalue weighted by Crippen LogP contribution is 2.39. The molecule has 3 rings (SSSR count). The van der Waals surface area contributed by atoms with Crippen LogP contribution in [0.1, 0.15) is 28.6 Å². The SMILES string of the molecule is Cc1nn(C)c(C)c1/C(O)=C1\C(=O)C(=O)N(C)C1c1ccccc1. The second-order valence-corrected chi connectivity index (χ2v) is 5.99. The number of amides is 1. The van der Waals surface area contributed by atoms with Gasteiger partial charge in [-0.05, 0) is 19.4 Å². The van der Waals surface area contributed by atoms with Crippen molar-refractivity contribution in [3.8, 4) is 0 Å². The maximum Gasteiger partial charge on any atom is 0.295 e. The summed E-state index contributed by atoms with van der Waals surface area (Å²) in [5.74, 6) is -1.47. The molecule has 6 nitrogen and oxygen atoms in total. The molecular formula is C18H19N3O3. The molecule has 1 amide bonds. The molecule has 124 valence electrons. The number of ketones is 1. The van der Waals surface area contributed by atoms with E-state index in [-0.39, 0.29) is 11.3 Å². The predicted octanol–water partition coefficient (Wildman–Crippen LogP) is 2.09. The molecule has 2 heterocycles. The number of aliphatic hydroxyl groups excluding tert-OH is 1. The number of hydrogen-bond acceptors (Lipinski definition) is 4. The van der Waals surface area contributed by atoms with Gasteiger partial charge in [-0.25, -0.2) is 0 Å². The average molecular weight is 325 g/mol. The van der Waals surface area contributed by atoms with Crippen LogP contribution in [0.25, 0.3) is 5.76 Å². The molecule has 0 radical (unpaired) electrons. The monoisotopic (exact) mass is 325 g/mol. The third-order valence-corrected chi connectivity index (χ3v) is 4.54. The maximum atomic E-state index is 12.5. The number of aryl methyl sites for hydroxylation is 2. The van der Waals surface area contributed by atoms with Crippen LogP contribution in [-0.4, -0.2) is 38.5 Å². The molecule has 1 saturated heterocycles. The summed E-state index contributed by atoms with van der Waals surface area (Å²) in [5, 5.41) is 15.1. The summed E-state index contributed by atoms with van der Waals surface area (Å²) in [6.07, 6.45) is 0. The molecule has 0 aliphatic carbocycles. The Kier molecular flexibility index (Phi) is 3.75. The van der Waals surface area contributed by atoms with Gasteiger partial charge < -0.3 is 10.0 Å². The largest absolute Gasteiger partial charge is 0.507 e. The van der Waals surface area contributed by atoms with Crippen LogP contribution in [0.4, 0.5) is 0 Å². The first-order chi connectivity index (χ1) is 11.3. The van der Waals surface area contributed by atoms with E-state index in [4.69, 9.17) is 0 Å². The number of nitrogens with zero attached hydrogens (tertiary/aromatic N) is 3. The van der Waals surface area contributed by atoms with Crippen LogP contribution in [0.15, 0.2) is 35.9 Å².